The van der Waals surface area contributed by atoms with E-state index in [-0.39, 0.29) is 6.42 Å². The number of imidazole rings is 1. The summed E-state index contributed by atoms with van der Waals surface area (Å²) in [6, 6.07) is 2.16. The van der Waals surface area contributed by atoms with Gasteiger partial charge in [0.1, 0.15) is 0 Å². The summed E-state index contributed by atoms with van der Waals surface area (Å²) in [6.45, 7) is 4.40. The molecule has 36 heavy (non-hydrogen) atoms. The van der Waals surface area contributed by atoms with E-state index in [0.29, 0.717) is 61.0 Å². The largest absolute Gasteiger partial charge is 0.475 e. The topological polar surface area (TPSA) is 97.5 Å². The maximum Gasteiger partial charge on any atom is 0.389 e. The SMILES string of the molecule is CCN1C(=O)N[C@@H](CCC(F)(F)F)CCCCCOc2nc(nn3ccnc23)-c2ccnc(c2)[C@H]1C. The summed E-state index contributed by atoms with van der Waals surface area (Å²) in [6.07, 6.45) is 2.09. The molecule has 194 valence electrons. The number of halogens is 3. The summed E-state index contributed by atoms with van der Waals surface area (Å²) < 4.78 is 46.3. The first-order valence-electron chi connectivity index (χ1n) is 12.2. The minimum absolute atomic E-state index is 0.162. The van der Waals surface area contributed by atoms with E-state index in [4.69, 9.17) is 4.74 Å². The summed E-state index contributed by atoms with van der Waals surface area (Å²) in [7, 11) is 0. The highest BCUT2D eigenvalue weighted by molar-refractivity contribution is 5.75. The normalized spacial score (nSPS) is 20.0. The molecule has 1 aliphatic heterocycles. The van der Waals surface area contributed by atoms with E-state index < -0.39 is 30.7 Å². The summed E-state index contributed by atoms with van der Waals surface area (Å²) >= 11 is 0. The number of amides is 2. The van der Waals surface area contributed by atoms with Gasteiger partial charge in [-0.1, -0.05) is 6.42 Å². The molecule has 2 amide bonds. The van der Waals surface area contributed by atoms with Gasteiger partial charge in [0.25, 0.3) is 5.88 Å². The number of carbonyl (C=O) groups excluding carboxylic acids is 1. The van der Waals surface area contributed by atoms with Crippen LogP contribution in [0, 0.1) is 0 Å². The van der Waals surface area contributed by atoms with Crippen molar-refractivity contribution in [3.63, 3.8) is 0 Å². The molecule has 4 rings (SSSR count). The Labute approximate surface area is 207 Å². The lowest BCUT2D eigenvalue weighted by Gasteiger charge is -2.30. The van der Waals surface area contributed by atoms with Crippen molar-refractivity contribution in [3.8, 4) is 17.3 Å². The summed E-state index contributed by atoms with van der Waals surface area (Å²) in [4.78, 5) is 28.0. The minimum Gasteiger partial charge on any atom is -0.475 e. The van der Waals surface area contributed by atoms with Crippen molar-refractivity contribution < 1.29 is 22.7 Å². The van der Waals surface area contributed by atoms with Gasteiger partial charge in [0.2, 0.25) is 5.65 Å². The maximum atomic E-state index is 13.1. The molecule has 3 aromatic heterocycles. The van der Waals surface area contributed by atoms with Gasteiger partial charge in [-0.05, 0) is 51.7 Å². The molecule has 0 saturated carbocycles. The quantitative estimate of drug-likeness (QED) is 0.541. The number of ether oxygens (including phenoxy) is 1. The van der Waals surface area contributed by atoms with Crippen molar-refractivity contribution >= 4 is 11.7 Å². The van der Waals surface area contributed by atoms with Gasteiger partial charge < -0.3 is 15.0 Å². The zero-order valence-corrected chi connectivity index (χ0v) is 20.3. The Balaban J connectivity index is 1.66. The van der Waals surface area contributed by atoms with Gasteiger partial charge in [0.05, 0.1) is 18.3 Å². The Hall–Kier alpha value is -3.44. The van der Waals surface area contributed by atoms with E-state index in [1.165, 1.54) is 0 Å². The number of nitrogens with zero attached hydrogens (tertiary/aromatic N) is 6. The molecule has 0 aliphatic carbocycles. The van der Waals surface area contributed by atoms with Crippen LogP contribution in [0.5, 0.6) is 5.88 Å². The van der Waals surface area contributed by atoms with Crippen molar-refractivity contribution in [2.75, 3.05) is 13.2 Å². The fourth-order valence-corrected chi connectivity index (χ4v) is 4.31. The molecule has 0 aromatic carbocycles. The molecule has 12 heteroatoms. The summed E-state index contributed by atoms with van der Waals surface area (Å²) in [5.74, 6) is 0.784. The van der Waals surface area contributed by atoms with E-state index in [0.717, 1.165) is 6.42 Å². The Kier molecular flexibility index (Phi) is 7.90. The molecule has 0 saturated heterocycles. The molecule has 3 aromatic rings. The van der Waals surface area contributed by atoms with Gasteiger partial charge in [-0.15, -0.1) is 5.10 Å². The van der Waals surface area contributed by atoms with Crippen LogP contribution in [0.1, 0.15) is 64.1 Å². The number of aromatic nitrogens is 5. The van der Waals surface area contributed by atoms with E-state index in [9.17, 15) is 18.0 Å². The number of urea groups is 1. The minimum atomic E-state index is -4.28. The second-order valence-corrected chi connectivity index (χ2v) is 8.87. The molecule has 0 radical (unpaired) electrons. The Morgan fingerprint density at radius 2 is 2.03 bits per heavy atom. The molecule has 0 unspecified atom stereocenters. The maximum absolute atomic E-state index is 13.1. The Bertz CT molecular complexity index is 1180. The van der Waals surface area contributed by atoms with Crippen molar-refractivity contribution in [2.24, 2.45) is 0 Å². The van der Waals surface area contributed by atoms with Crippen molar-refractivity contribution in [1.29, 1.82) is 0 Å². The van der Waals surface area contributed by atoms with Crippen molar-refractivity contribution in [2.45, 2.75) is 70.6 Å². The van der Waals surface area contributed by atoms with Gasteiger partial charge in [0.15, 0.2) is 5.82 Å². The lowest BCUT2D eigenvalue weighted by Crippen LogP contribution is -2.46. The fourth-order valence-electron chi connectivity index (χ4n) is 4.31. The molecular weight excluding hydrogens is 475 g/mol. The number of alkyl halides is 3. The number of hydrogen-bond acceptors (Lipinski definition) is 6. The molecule has 9 nitrogen and oxygen atoms in total. The number of hydrogen-bond donors (Lipinski definition) is 1. The third-order valence-electron chi connectivity index (χ3n) is 6.30. The first-order valence-corrected chi connectivity index (χ1v) is 12.2. The highest BCUT2D eigenvalue weighted by Crippen LogP contribution is 2.27. The number of nitrogens with one attached hydrogen (secondary N) is 1. The second-order valence-electron chi connectivity index (χ2n) is 8.87. The Morgan fingerprint density at radius 3 is 2.81 bits per heavy atom. The average Bonchev–Trinajstić information content (AvgIpc) is 3.33. The first-order chi connectivity index (χ1) is 17.2. The molecule has 1 aliphatic rings. The Morgan fingerprint density at radius 1 is 1.19 bits per heavy atom. The smallest absolute Gasteiger partial charge is 0.389 e. The van der Waals surface area contributed by atoms with Crippen molar-refractivity contribution in [3.05, 3.63) is 36.4 Å². The molecule has 4 bridgehead atoms. The molecule has 2 atom stereocenters. The van der Waals surface area contributed by atoms with Crippen LogP contribution >= 0.6 is 0 Å². The van der Waals surface area contributed by atoms with Crippen LogP contribution < -0.4 is 10.1 Å². The van der Waals surface area contributed by atoms with Crippen LogP contribution in [0.2, 0.25) is 0 Å². The predicted octanol–water partition coefficient (Wildman–Crippen LogP) is 4.94. The third kappa shape index (κ3) is 6.21. The van der Waals surface area contributed by atoms with Crippen LogP contribution in [0.3, 0.4) is 0 Å². The zero-order valence-electron chi connectivity index (χ0n) is 20.3. The van der Waals surface area contributed by atoms with Crippen LogP contribution in [0.25, 0.3) is 17.0 Å². The van der Waals surface area contributed by atoms with E-state index in [2.05, 4.69) is 25.4 Å². The number of pyridine rings is 1. The van der Waals surface area contributed by atoms with Crippen molar-refractivity contribution in [1.82, 2.24) is 34.8 Å². The summed E-state index contributed by atoms with van der Waals surface area (Å²) in [5.41, 5.74) is 1.80. The zero-order chi connectivity index (χ0) is 25.7. The molecule has 0 spiro atoms. The standard InChI is InChI=1S/C24H30F3N7O2/c1-3-33-16(2)19-15-17(9-11-28-19)20-31-22(21-29-12-13-34(21)32-20)36-14-6-4-5-7-18(30-23(33)35)8-10-24(25,26)27/h9,11-13,15-16,18H,3-8,10,14H2,1-2H3,(H,30,35)/t16-,18-/m1/s1. The van der Waals surface area contributed by atoms with Crippen LogP contribution in [0.4, 0.5) is 18.0 Å². The second kappa shape index (κ2) is 11.1. The molecular formula is C24H30F3N7O2. The van der Waals surface area contributed by atoms with E-state index >= 15 is 0 Å². The number of fused-ring (bicyclic) bond motifs is 7. The lowest BCUT2D eigenvalue weighted by atomic mass is 10.0. The highest BCUT2D eigenvalue weighted by Gasteiger charge is 2.30. The average molecular weight is 506 g/mol. The predicted molar refractivity (Wildman–Crippen MR) is 126 cm³/mol. The van der Waals surface area contributed by atoms with Gasteiger partial charge in [-0.3, -0.25) is 4.98 Å². The molecule has 0 fully saturated rings. The summed E-state index contributed by atoms with van der Waals surface area (Å²) in [5, 5.41) is 7.38. The van der Waals surface area contributed by atoms with E-state index in [1.54, 1.807) is 34.1 Å². The monoisotopic (exact) mass is 505 g/mol. The van der Waals surface area contributed by atoms with Crippen LogP contribution in [-0.2, 0) is 0 Å². The van der Waals surface area contributed by atoms with Gasteiger partial charge >= 0.3 is 12.2 Å². The van der Waals surface area contributed by atoms with Gasteiger partial charge in [-0.2, -0.15) is 18.2 Å². The third-order valence-corrected chi connectivity index (χ3v) is 6.30. The first kappa shape index (κ1) is 25.6. The van der Waals surface area contributed by atoms with Crippen LogP contribution in [-0.4, -0.2) is 60.9 Å². The molecule has 1 N–H and O–H groups in total. The van der Waals surface area contributed by atoms with Crippen LogP contribution in [0.15, 0.2) is 30.7 Å². The lowest BCUT2D eigenvalue weighted by molar-refractivity contribution is -0.136. The highest BCUT2D eigenvalue weighted by atomic mass is 19.4. The van der Waals surface area contributed by atoms with Gasteiger partial charge in [-0.25, -0.2) is 14.3 Å². The number of carbonyl (C=O) groups is 1. The number of rotatable bonds is 3. The van der Waals surface area contributed by atoms with Gasteiger partial charge in [0, 0.05) is 43.2 Å². The van der Waals surface area contributed by atoms with E-state index in [1.807, 2.05) is 19.9 Å². The fraction of sp³-hybridized carbons (Fsp3) is 0.542. The molecule has 4 heterocycles.